The average Bonchev–Trinajstić information content (AvgIpc) is 2.97. The van der Waals surface area contributed by atoms with E-state index in [0.717, 1.165) is 23.5 Å². The fourth-order valence-electron chi connectivity index (χ4n) is 2.24. The van der Waals surface area contributed by atoms with Gasteiger partial charge in [-0.25, -0.2) is 4.98 Å². The van der Waals surface area contributed by atoms with Crippen LogP contribution < -0.4 is 5.73 Å². The van der Waals surface area contributed by atoms with Gasteiger partial charge >= 0.3 is 0 Å². The maximum absolute atomic E-state index is 6.06. The van der Waals surface area contributed by atoms with E-state index in [1.54, 1.807) is 0 Å². The molecule has 4 heteroatoms. The second-order valence-corrected chi connectivity index (χ2v) is 5.50. The highest BCUT2D eigenvalue weighted by atomic mass is 15.0. The van der Waals surface area contributed by atoms with Crippen LogP contribution in [0.5, 0.6) is 0 Å². The normalized spacial score (nSPS) is 12.2. The summed E-state index contributed by atoms with van der Waals surface area (Å²) in [6, 6.07) is 8.29. The Bertz CT molecular complexity index is 700. The Balaban J connectivity index is 1.91. The number of nitrogens with two attached hydrogens (primary N) is 1. The zero-order chi connectivity index (χ0) is 13.5. The molecule has 3 rings (SSSR count). The lowest BCUT2D eigenvalue weighted by atomic mass is 10.0. The molecule has 1 aromatic carbocycles. The van der Waals surface area contributed by atoms with Gasteiger partial charge < -0.3 is 15.7 Å². The van der Waals surface area contributed by atoms with Crippen LogP contribution in [-0.2, 0) is 12.0 Å². The molecule has 4 nitrogen and oxygen atoms in total. The van der Waals surface area contributed by atoms with Gasteiger partial charge in [0, 0.05) is 23.5 Å². The Labute approximate surface area is 112 Å². The number of aromatic nitrogens is 3. The highest BCUT2D eigenvalue weighted by Gasteiger charge is 2.17. The standard InChI is InChI=1S/C15H18N4/c1-15(2,16)13-9-18-14(19-13)7-10-8-17-12-6-4-3-5-11(10)12/h3-6,8-9,17H,7,16H2,1-2H3,(H,18,19). The Morgan fingerprint density at radius 2 is 2.05 bits per heavy atom. The van der Waals surface area contributed by atoms with E-state index < -0.39 is 0 Å². The first-order chi connectivity index (χ1) is 9.04. The van der Waals surface area contributed by atoms with Gasteiger partial charge in [0.05, 0.1) is 17.4 Å². The van der Waals surface area contributed by atoms with Gasteiger partial charge in [0.1, 0.15) is 5.82 Å². The van der Waals surface area contributed by atoms with Crippen molar-refractivity contribution in [2.45, 2.75) is 25.8 Å². The number of aromatic amines is 2. The SMILES string of the molecule is CC(C)(N)c1cnc(Cc2c[nH]c3ccccc23)[nH]1. The number of nitrogens with one attached hydrogen (secondary N) is 2. The number of nitrogens with zero attached hydrogens (tertiary/aromatic N) is 1. The first kappa shape index (κ1) is 12.0. The smallest absolute Gasteiger partial charge is 0.110 e. The summed E-state index contributed by atoms with van der Waals surface area (Å²) >= 11 is 0. The molecule has 3 aromatic rings. The van der Waals surface area contributed by atoms with Gasteiger partial charge in [0.2, 0.25) is 0 Å². The fourth-order valence-corrected chi connectivity index (χ4v) is 2.24. The number of para-hydroxylation sites is 1. The van der Waals surface area contributed by atoms with Crippen LogP contribution in [0.3, 0.4) is 0 Å². The molecule has 0 atom stereocenters. The molecule has 0 saturated heterocycles. The summed E-state index contributed by atoms with van der Waals surface area (Å²) in [5.41, 5.74) is 9.03. The van der Waals surface area contributed by atoms with Crippen LogP contribution in [-0.4, -0.2) is 15.0 Å². The molecule has 0 spiro atoms. The Hall–Kier alpha value is -2.07. The molecule has 0 bridgehead atoms. The summed E-state index contributed by atoms with van der Waals surface area (Å²) < 4.78 is 0. The van der Waals surface area contributed by atoms with E-state index in [4.69, 9.17) is 5.73 Å². The predicted molar refractivity (Wildman–Crippen MR) is 76.9 cm³/mol. The number of H-pyrrole nitrogens is 2. The van der Waals surface area contributed by atoms with Crippen molar-refractivity contribution in [3.05, 3.63) is 53.7 Å². The quantitative estimate of drug-likeness (QED) is 0.672. The van der Waals surface area contributed by atoms with Crippen LogP contribution in [0, 0.1) is 0 Å². The lowest BCUT2D eigenvalue weighted by Gasteiger charge is -2.15. The van der Waals surface area contributed by atoms with Gasteiger partial charge in [-0.3, -0.25) is 0 Å². The summed E-state index contributed by atoms with van der Waals surface area (Å²) in [5.74, 6) is 0.943. The van der Waals surface area contributed by atoms with E-state index in [2.05, 4.69) is 33.2 Å². The minimum atomic E-state index is -0.383. The van der Waals surface area contributed by atoms with E-state index in [1.165, 1.54) is 10.9 Å². The molecule has 19 heavy (non-hydrogen) atoms. The van der Waals surface area contributed by atoms with Crippen molar-refractivity contribution < 1.29 is 0 Å². The zero-order valence-corrected chi connectivity index (χ0v) is 11.2. The summed E-state index contributed by atoms with van der Waals surface area (Å²) in [6.07, 6.45) is 4.64. The Morgan fingerprint density at radius 3 is 2.79 bits per heavy atom. The molecule has 0 aliphatic heterocycles. The van der Waals surface area contributed by atoms with Crippen molar-refractivity contribution in [1.29, 1.82) is 0 Å². The fraction of sp³-hybridized carbons (Fsp3) is 0.267. The summed E-state index contributed by atoms with van der Waals surface area (Å²) in [7, 11) is 0. The van der Waals surface area contributed by atoms with Crippen molar-refractivity contribution in [1.82, 2.24) is 15.0 Å². The molecule has 0 unspecified atom stereocenters. The Morgan fingerprint density at radius 1 is 1.26 bits per heavy atom. The number of hydrogen-bond donors (Lipinski definition) is 3. The molecule has 0 amide bonds. The third-order valence-corrected chi connectivity index (χ3v) is 3.36. The van der Waals surface area contributed by atoms with Gasteiger partial charge in [-0.2, -0.15) is 0 Å². The minimum Gasteiger partial charge on any atom is -0.361 e. The zero-order valence-electron chi connectivity index (χ0n) is 11.2. The van der Waals surface area contributed by atoms with E-state index in [-0.39, 0.29) is 5.54 Å². The molecule has 98 valence electrons. The van der Waals surface area contributed by atoms with Crippen LogP contribution >= 0.6 is 0 Å². The highest BCUT2D eigenvalue weighted by molar-refractivity contribution is 5.83. The first-order valence-electron chi connectivity index (χ1n) is 6.42. The van der Waals surface area contributed by atoms with Crippen LogP contribution in [0.1, 0.15) is 30.9 Å². The monoisotopic (exact) mass is 254 g/mol. The molecular formula is C15H18N4. The molecule has 0 aliphatic rings. The first-order valence-corrected chi connectivity index (χ1v) is 6.42. The van der Waals surface area contributed by atoms with E-state index in [0.29, 0.717) is 0 Å². The van der Waals surface area contributed by atoms with Gasteiger partial charge in [-0.1, -0.05) is 18.2 Å². The molecular weight excluding hydrogens is 236 g/mol. The molecule has 0 radical (unpaired) electrons. The largest absolute Gasteiger partial charge is 0.361 e. The number of imidazole rings is 1. The summed E-state index contributed by atoms with van der Waals surface area (Å²) in [6.45, 7) is 3.94. The highest BCUT2D eigenvalue weighted by Crippen LogP contribution is 2.21. The number of fused-ring (bicyclic) bond motifs is 1. The van der Waals surface area contributed by atoms with E-state index in [9.17, 15) is 0 Å². The molecule has 0 fully saturated rings. The van der Waals surface area contributed by atoms with Crippen LogP contribution in [0.15, 0.2) is 36.7 Å². The summed E-state index contributed by atoms with van der Waals surface area (Å²) in [5, 5.41) is 1.24. The molecule has 4 N–H and O–H groups in total. The third kappa shape index (κ3) is 2.27. The van der Waals surface area contributed by atoms with Crippen LogP contribution in [0.4, 0.5) is 0 Å². The topological polar surface area (TPSA) is 70.5 Å². The molecule has 2 aromatic heterocycles. The molecule has 0 aliphatic carbocycles. The van der Waals surface area contributed by atoms with Crippen LogP contribution in [0.25, 0.3) is 10.9 Å². The van der Waals surface area contributed by atoms with E-state index >= 15 is 0 Å². The number of benzene rings is 1. The predicted octanol–water partition coefficient (Wildman–Crippen LogP) is 2.68. The maximum atomic E-state index is 6.06. The molecule has 2 heterocycles. The van der Waals surface area contributed by atoms with Gasteiger partial charge in [-0.15, -0.1) is 0 Å². The van der Waals surface area contributed by atoms with E-state index in [1.807, 2.05) is 32.3 Å². The van der Waals surface area contributed by atoms with Crippen molar-refractivity contribution in [2.75, 3.05) is 0 Å². The lowest BCUT2D eigenvalue weighted by Crippen LogP contribution is -2.29. The van der Waals surface area contributed by atoms with Gasteiger partial charge in [-0.05, 0) is 25.5 Å². The van der Waals surface area contributed by atoms with Crippen molar-refractivity contribution in [3.63, 3.8) is 0 Å². The number of hydrogen-bond acceptors (Lipinski definition) is 2. The average molecular weight is 254 g/mol. The van der Waals surface area contributed by atoms with Gasteiger partial charge in [0.15, 0.2) is 0 Å². The van der Waals surface area contributed by atoms with Crippen LogP contribution in [0.2, 0.25) is 0 Å². The second-order valence-electron chi connectivity index (χ2n) is 5.50. The maximum Gasteiger partial charge on any atom is 0.110 e. The summed E-state index contributed by atoms with van der Waals surface area (Å²) in [4.78, 5) is 11.0. The third-order valence-electron chi connectivity index (χ3n) is 3.36. The lowest BCUT2D eigenvalue weighted by molar-refractivity contribution is 0.537. The van der Waals surface area contributed by atoms with Crippen molar-refractivity contribution in [2.24, 2.45) is 5.73 Å². The Kier molecular flexibility index (Phi) is 2.68. The van der Waals surface area contributed by atoms with Crippen molar-refractivity contribution in [3.8, 4) is 0 Å². The number of rotatable bonds is 3. The molecule has 0 saturated carbocycles. The van der Waals surface area contributed by atoms with Gasteiger partial charge in [0.25, 0.3) is 0 Å². The second kappa shape index (κ2) is 4.24. The minimum absolute atomic E-state index is 0.383. The van der Waals surface area contributed by atoms with Crippen molar-refractivity contribution >= 4 is 10.9 Å².